The zero-order chi connectivity index (χ0) is 26.9. The van der Waals surface area contributed by atoms with Crippen LogP contribution in [0.3, 0.4) is 0 Å². The van der Waals surface area contributed by atoms with Gasteiger partial charge in [-0.3, -0.25) is 4.90 Å². The van der Waals surface area contributed by atoms with Crippen molar-refractivity contribution in [3.8, 4) is 5.75 Å². The first-order valence-corrected chi connectivity index (χ1v) is 15.5. The lowest BCUT2D eigenvalue weighted by Gasteiger charge is -2.25. The van der Waals surface area contributed by atoms with E-state index in [0.29, 0.717) is 40.1 Å². The van der Waals surface area contributed by atoms with Crippen LogP contribution in [0.25, 0.3) is 0 Å². The fourth-order valence-electron chi connectivity index (χ4n) is 5.46. The molecule has 1 saturated heterocycles. The lowest BCUT2D eigenvalue weighted by molar-refractivity contribution is 0.254. The van der Waals surface area contributed by atoms with E-state index in [-0.39, 0.29) is 5.75 Å². The summed E-state index contributed by atoms with van der Waals surface area (Å²) < 4.78 is 20.2. The Kier molecular flexibility index (Phi) is 10.0. The number of alkyl halides is 1. The minimum Gasteiger partial charge on any atom is -0.480 e. The molecule has 2 heterocycles. The van der Waals surface area contributed by atoms with Crippen molar-refractivity contribution in [3.63, 3.8) is 0 Å². The van der Waals surface area contributed by atoms with Gasteiger partial charge in [-0.1, -0.05) is 49.6 Å². The predicted octanol–water partition coefficient (Wildman–Crippen LogP) is 6.59. The van der Waals surface area contributed by atoms with Gasteiger partial charge in [-0.15, -0.1) is 0 Å². The van der Waals surface area contributed by atoms with Crippen LogP contribution in [-0.4, -0.2) is 50.1 Å². The summed E-state index contributed by atoms with van der Waals surface area (Å²) in [5.74, 6) is 1.83. The molecule has 2 aromatic carbocycles. The van der Waals surface area contributed by atoms with Gasteiger partial charge in [0.15, 0.2) is 11.6 Å². The molecule has 1 saturated carbocycles. The summed E-state index contributed by atoms with van der Waals surface area (Å²) in [6, 6.07) is 15.8. The molecule has 1 aliphatic heterocycles. The van der Waals surface area contributed by atoms with Crippen molar-refractivity contribution in [2.45, 2.75) is 57.5 Å². The summed E-state index contributed by atoms with van der Waals surface area (Å²) in [4.78, 5) is 16.4. The van der Waals surface area contributed by atoms with Gasteiger partial charge in [0.05, 0.1) is 0 Å². The van der Waals surface area contributed by atoms with Crippen molar-refractivity contribution in [2.75, 3.05) is 40.2 Å². The third-order valence-electron chi connectivity index (χ3n) is 7.53. The van der Waals surface area contributed by atoms with Gasteiger partial charge in [0.25, 0.3) is 0 Å². The maximum absolute atomic E-state index is 14.5. The van der Waals surface area contributed by atoms with Gasteiger partial charge in [0, 0.05) is 37.4 Å². The summed E-state index contributed by atoms with van der Waals surface area (Å²) in [6.45, 7) is 3.61. The van der Waals surface area contributed by atoms with Crippen LogP contribution in [0, 0.1) is 11.7 Å². The average Bonchev–Trinajstić information content (AvgIpc) is 3.40. The molecule has 0 bridgehead atoms. The lowest BCUT2D eigenvalue weighted by atomic mass is 9.89. The van der Waals surface area contributed by atoms with E-state index in [0.717, 1.165) is 32.6 Å². The first-order chi connectivity index (χ1) is 19.2. The second-order valence-corrected chi connectivity index (χ2v) is 11.0. The molecule has 2 aliphatic rings. The number of nitrogens with zero attached hydrogens (tertiary/aromatic N) is 4. The Morgan fingerprint density at radius 3 is 2.36 bits per heavy atom. The molecule has 3 aromatic rings. The first-order valence-electron chi connectivity index (χ1n) is 13.9. The number of anilines is 4. The number of benzene rings is 2. The van der Waals surface area contributed by atoms with Crippen LogP contribution in [-0.2, 0) is 6.54 Å². The fraction of sp³-hybridized carbons (Fsp3) is 0.483. The normalized spacial score (nSPS) is 18.2. The molecule has 1 atom stereocenters. The highest BCUT2D eigenvalue weighted by molar-refractivity contribution is 14.1. The zero-order valence-electron chi connectivity index (χ0n) is 22.2. The lowest BCUT2D eigenvalue weighted by Crippen LogP contribution is -2.34. The van der Waals surface area contributed by atoms with Crippen LogP contribution in [0.1, 0.15) is 50.5 Å². The van der Waals surface area contributed by atoms with E-state index in [1.807, 2.05) is 22.6 Å². The molecular weight excluding hydrogens is 608 g/mol. The van der Waals surface area contributed by atoms with Crippen LogP contribution in [0.4, 0.5) is 27.9 Å². The summed E-state index contributed by atoms with van der Waals surface area (Å²) in [5.41, 5.74) is 1.88. The van der Waals surface area contributed by atoms with Gasteiger partial charge in [0.2, 0.25) is 17.8 Å². The second kappa shape index (κ2) is 14.1. The molecule has 3 N–H and O–H groups in total. The van der Waals surface area contributed by atoms with E-state index in [9.17, 15) is 4.39 Å². The molecule has 39 heavy (non-hydrogen) atoms. The van der Waals surface area contributed by atoms with Crippen molar-refractivity contribution in [3.05, 3.63) is 59.9 Å². The van der Waals surface area contributed by atoms with Crippen LogP contribution in [0.15, 0.2) is 48.5 Å². The maximum atomic E-state index is 14.5. The molecule has 0 amide bonds. The molecule has 0 radical (unpaired) electrons. The van der Waals surface area contributed by atoms with Crippen LogP contribution >= 0.6 is 22.6 Å². The predicted molar refractivity (Wildman–Crippen MR) is 162 cm³/mol. The molecular formula is C29H37FIN7O. The third kappa shape index (κ3) is 8.14. The number of aromatic nitrogens is 3. The molecule has 1 aliphatic carbocycles. The summed E-state index contributed by atoms with van der Waals surface area (Å²) in [5, 5.41) is 10.1. The number of halogens is 2. The Morgan fingerprint density at radius 1 is 0.872 bits per heavy atom. The number of hydrogen-bond acceptors (Lipinski definition) is 8. The van der Waals surface area contributed by atoms with Crippen LogP contribution < -0.4 is 20.7 Å². The van der Waals surface area contributed by atoms with Crippen molar-refractivity contribution < 1.29 is 9.13 Å². The first kappa shape index (κ1) is 27.8. The van der Waals surface area contributed by atoms with Gasteiger partial charge in [-0.05, 0) is 78.4 Å². The SMILES string of the molecule is Fc1cc(Nc2nc(NCC3CCCCC3)nc(NCC3CCCN3Cc3ccccc3)n2)ccc1OCI. The number of nitrogens with one attached hydrogen (secondary N) is 3. The van der Waals surface area contributed by atoms with Crippen molar-refractivity contribution in [1.29, 1.82) is 0 Å². The molecule has 208 valence electrons. The molecule has 1 unspecified atom stereocenters. The number of rotatable bonds is 12. The standard InChI is InChI=1S/C29H37FIN7O/c30-25-16-23(13-14-26(25)39-20-31)34-29-36-27(32-17-21-8-3-1-4-9-21)35-28(37-29)33-18-24-12-7-15-38(24)19-22-10-5-2-6-11-22/h2,5-6,10-11,13-14,16,21,24H,1,3-4,7-9,12,15,17-20H2,(H3,32,33,34,35,36,37). The van der Waals surface area contributed by atoms with E-state index in [2.05, 4.69) is 66.1 Å². The smallest absolute Gasteiger partial charge is 0.233 e. The van der Waals surface area contributed by atoms with Crippen LogP contribution in [0.2, 0.25) is 0 Å². The van der Waals surface area contributed by atoms with Gasteiger partial charge < -0.3 is 20.7 Å². The topological polar surface area (TPSA) is 87.2 Å². The molecule has 2 fully saturated rings. The van der Waals surface area contributed by atoms with Gasteiger partial charge in [0.1, 0.15) is 4.61 Å². The maximum Gasteiger partial charge on any atom is 0.233 e. The van der Waals surface area contributed by atoms with Crippen LogP contribution in [0.5, 0.6) is 5.75 Å². The highest BCUT2D eigenvalue weighted by Gasteiger charge is 2.25. The molecule has 8 nitrogen and oxygen atoms in total. The van der Waals surface area contributed by atoms with Gasteiger partial charge in [-0.25, -0.2) is 4.39 Å². The zero-order valence-corrected chi connectivity index (χ0v) is 24.4. The molecule has 10 heteroatoms. The highest BCUT2D eigenvalue weighted by atomic mass is 127. The Balaban J connectivity index is 1.28. The van der Waals surface area contributed by atoms with E-state index in [4.69, 9.17) is 4.74 Å². The molecule has 1 aromatic heterocycles. The van der Waals surface area contributed by atoms with E-state index in [1.54, 1.807) is 12.1 Å². The quantitative estimate of drug-likeness (QED) is 0.150. The fourth-order valence-corrected chi connectivity index (χ4v) is 5.80. The Bertz CT molecular complexity index is 1200. The van der Waals surface area contributed by atoms with Gasteiger partial charge >= 0.3 is 0 Å². The monoisotopic (exact) mass is 645 g/mol. The van der Waals surface area contributed by atoms with E-state index >= 15 is 0 Å². The van der Waals surface area contributed by atoms with E-state index < -0.39 is 5.82 Å². The van der Waals surface area contributed by atoms with Gasteiger partial charge in [-0.2, -0.15) is 15.0 Å². The number of likely N-dealkylation sites (tertiary alicyclic amines) is 1. The van der Waals surface area contributed by atoms with Crippen molar-refractivity contribution >= 4 is 46.1 Å². The second-order valence-electron chi connectivity index (χ2n) is 10.3. The van der Waals surface area contributed by atoms with Crippen molar-refractivity contribution in [1.82, 2.24) is 19.9 Å². The van der Waals surface area contributed by atoms with Crippen molar-refractivity contribution in [2.24, 2.45) is 5.92 Å². The Labute approximate surface area is 243 Å². The Morgan fingerprint density at radius 2 is 1.62 bits per heavy atom. The molecule has 0 spiro atoms. The highest BCUT2D eigenvalue weighted by Crippen LogP contribution is 2.26. The Hall–Kier alpha value is -2.73. The summed E-state index contributed by atoms with van der Waals surface area (Å²) in [7, 11) is 0. The van der Waals surface area contributed by atoms with E-state index in [1.165, 1.54) is 50.2 Å². The minimum absolute atomic E-state index is 0.222. The average molecular weight is 646 g/mol. The molecule has 5 rings (SSSR count). The minimum atomic E-state index is -0.431. The summed E-state index contributed by atoms with van der Waals surface area (Å²) in [6.07, 6.45) is 8.68. The largest absolute Gasteiger partial charge is 0.480 e. The number of ether oxygens (including phenoxy) is 1. The summed E-state index contributed by atoms with van der Waals surface area (Å²) >= 11 is 2.05. The number of hydrogen-bond donors (Lipinski definition) is 3. The third-order valence-corrected chi connectivity index (χ3v) is 7.84.